The lowest BCUT2D eigenvalue weighted by Crippen LogP contribution is -2.36. The highest BCUT2D eigenvalue weighted by atomic mass is 32.2. The first-order valence-corrected chi connectivity index (χ1v) is 7.47. The fourth-order valence-corrected chi connectivity index (χ4v) is 2.98. The second-order valence-electron chi connectivity index (χ2n) is 4.47. The normalized spacial score (nSPS) is 19.2. The predicted molar refractivity (Wildman–Crippen MR) is 70.0 cm³/mol. The van der Waals surface area contributed by atoms with Gasteiger partial charge >= 0.3 is 0 Å². The monoisotopic (exact) mass is 284 g/mol. The molecule has 1 saturated heterocycles. The predicted octanol–water partition coefficient (Wildman–Crippen LogP) is -0.275. The number of amides is 1. The molecule has 0 radical (unpaired) electrons. The third-order valence-corrected chi connectivity index (χ3v) is 4.36. The minimum absolute atomic E-state index is 0.0353. The number of piperidine rings is 1. The molecule has 0 spiro atoms. The number of nitrogens with two attached hydrogens (primary N) is 1. The Bertz CT molecular complexity index is 520. The largest absolute Gasteiger partial charge is 0.364 e. The van der Waals surface area contributed by atoms with E-state index in [0.29, 0.717) is 25.1 Å². The van der Waals surface area contributed by atoms with Crippen molar-refractivity contribution in [2.75, 3.05) is 19.3 Å². The van der Waals surface area contributed by atoms with E-state index >= 15 is 0 Å². The van der Waals surface area contributed by atoms with Gasteiger partial charge in [0.05, 0.1) is 17.0 Å². The third kappa shape index (κ3) is 2.90. The van der Waals surface area contributed by atoms with Crippen LogP contribution in [0.5, 0.6) is 0 Å². The van der Waals surface area contributed by atoms with Crippen LogP contribution in [0, 0.1) is 0 Å². The van der Waals surface area contributed by atoms with E-state index in [2.05, 4.69) is 5.10 Å². The minimum atomic E-state index is -0.973. The van der Waals surface area contributed by atoms with Crippen molar-refractivity contribution in [3.8, 4) is 0 Å². The second kappa shape index (κ2) is 5.62. The number of hydrogen-bond acceptors (Lipinski definition) is 4. The summed E-state index contributed by atoms with van der Waals surface area (Å²) in [7, 11) is -0.973. The first-order chi connectivity index (χ1) is 9.02. The van der Waals surface area contributed by atoms with E-state index in [1.807, 2.05) is 4.31 Å². The summed E-state index contributed by atoms with van der Waals surface area (Å²) >= 11 is 0. The summed E-state index contributed by atoms with van der Waals surface area (Å²) in [4.78, 5) is 22.1. The lowest BCUT2D eigenvalue weighted by atomic mass is 10.1. The van der Waals surface area contributed by atoms with Crippen molar-refractivity contribution in [3.63, 3.8) is 0 Å². The van der Waals surface area contributed by atoms with Crippen molar-refractivity contribution in [1.29, 1.82) is 0 Å². The summed E-state index contributed by atoms with van der Waals surface area (Å²) < 4.78 is 14.8. The van der Waals surface area contributed by atoms with Crippen molar-refractivity contribution >= 4 is 23.2 Å². The Hall–Kier alpha value is -1.54. The fraction of sp³-hybridized carbons (Fsp3) is 0.545. The quantitative estimate of drug-likeness (QED) is 0.769. The van der Waals surface area contributed by atoms with Crippen LogP contribution in [-0.2, 0) is 11.0 Å². The molecule has 1 aliphatic rings. The van der Waals surface area contributed by atoms with Gasteiger partial charge in [0, 0.05) is 19.3 Å². The molecule has 2 rings (SSSR count). The number of hydrogen-bond donors (Lipinski definition) is 1. The molecule has 0 aliphatic carbocycles. The van der Waals surface area contributed by atoms with Crippen molar-refractivity contribution in [2.45, 2.75) is 18.9 Å². The molecular weight excluding hydrogens is 268 g/mol. The molecule has 1 aromatic heterocycles. The second-order valence-corrected chi connectivity index (χ2v) is 5.83. The summed E-state index contributed by atoms with van der Waals surface area (Å²) in [5.41, 5.74) is 5.62. The maximum absolute atomic E-state index is 11.4. The van der Waals surface area contributed by atoms with E-state index in [9.17, 15) is 13.8 Å². The van der Waals surface area contributed by atoms with Crippen LogP contribution >= 0.6 is 0 Å². The molecular formula is C11H16N4O3S. The zero-order chi connectivity index (χ0) is 14.0. The summed E-state index contributed by atoms with van der Waals surface area (Å²) in [6.07, 6.45) is 3.79. The van der Waals surface area contributed by atoms with E-state index in [1.54, 1.807) is 10.9 Å². The zero-order valence-corrected chi connectivity index (χ0v) is 11.4. The number of primary amides is 1. The van der Waals surface area contributed by atoms with Crippen LogP contribution in [0.25, 0.3) is 0 Å². The SMILES string of the molecule is CS(=O)N1CCC(n2nc(C(N)=O)cc2C=O)CC1. The molecule has 1 unspecified atom stereocenters. The Balaban J connectivity index is 2.17. The molecule has 1 aromatic rings. The highest BCUT2D eigenvalue weighted by Gasteiger charge is 2.25. The highest BCUT2D eigenvalue weighted by Crippen LogP contribution is 2.24. The smallest absolute Gasteiger partial charge is 0.269 e. The number of rotatable bonds is 4. The first kappa shape index (κ1) is 13.9. The van der Waals surface area contributed by atoms with Gasteiger partial charge in [-0.15, -0.1) is 0 Å². The van der Waals surface area contributed by atoms with E-state index in [1.165, 1.54) is 6.07 Å². The molecule has 1 aliphatic heterocycles. The molecule has 0 aromatic carbocycles. The Morgan fingerprint density at radius 2 is 2.16 bits per heavy atom. The molecule has 0 bridgehead atoms. The first-order valence-electron chi connectivity index (χ1n) is 5.96. The molecule has 2 heterocycles. The number of carbonyl (C=O) groups excluding carboxylic acids is 2. The summed E-state index contributed by atoms with van der Waals surface area (Å²) in [6.45, 7) is 1.36. The van der Waals surface area contributed by atoms with Crippen LogP contribution < -0.4 is 5.73 Å². The lowest BCUT2D eigenvalue weighted by Gasteiger charge is -2.30. The van der Waals surface area contributed by atoms with Gasteiger partial charge in [-0.05, 0) is 18.9 Å². The molecule has 104 valence electrons. The molecule has 0 saturated carbocycles. The maximum atomic E-state index is 11.4. The molecule has 1 fully saturated rings. The summed E-state index contributed by atoms with van der Waals surface area (Å²) in [5, 5.41) is 4.09. The minimum Gasteiger partial charge on any atom is -0.364 e. The van der Waals surface area contributed by atoms with Crippen LogP contribution in [0.3, 0.4) is 0 Å². The van der Waals surface area contributed by atoms with Crippen molar-refractivity contribution in [2.24, 2.45) is 5.73 Å². The number of nitrogens with zero attached hydrogens (tertiary/aromatic N) is 3. The van der Waals surface area contributed by atoms with Crippen molar-refractivity contribution in [3.05, 3.63) is 17.5 Å². The van der Waals surface area contributed by atoms with Gasteiger partial charge in [0.2, 0.25) is 0 Å². The van der Waals surface area contributed by atoms with Crippen LogP contribution in [0.4, 0.5) is 0 Å². The zero-order valence-electron chi connectivity index (χ0n) is 10.6. The van der Waals surface area contributed by atoms with E-state index in [0.717, 1.165) is 12.8 Å². The Labute approximate surface area is 113 Å². The Morgan fingerprint density at radius 3 is 2.63 bits per heavy atom. The van der Waals surface area contributed by atoms with E-state index in [4.69, 9.17) is 5.73 Å². The average Bonchev–Trinajstić information content (AvgIpc) is 2.83. The van der Waals surface area contributed by atoms with Crippen LogP contribution in [0.15, 0.2) is 6.07 Å². The van der Waals surface area contributed by atoms with Gasteiger partial charge < -0.3 is 5.73 Å². The third-order valence-electron chi connectivity index (χ3n) is 3.27. The standard InChI is InChI=1S/C11H16N4O3S/c1-19(18)14-4-2-8(3-5-14)15-9(7-16)6-10(13-15)11(12)17/h6-8H,2-5H2,1H3,(H2,12,17). The molecule has 2 N–H and O–H groups in total. The maximum Gasteiger partial charge on any atom is 0.269 e. The summed E-state index contributed by atoms with van der Waals surface area (Å²) in [5.74, 6) is -0.644. The topological polar surface area (TPSA) is 98.3 Å². The van der Waals surface area contributed by atoms with Gasteiger partial charge in [-0.3, -0.25) is 14.3 Å². The lowest BCUT2D eigenvalue weighted by molar-refractivity contribution is 0.0993. The van der Waals surface area contributed by atoms with Crippen molar-refractivity contribution in [1.82, 2.24) is 14.1 Å². The molecule has 1 atom stereocenters. The van der Waals surface area contributed by atoms with E-state index in [-0.39, 0.29) is 11.7 Å². The van der Waals surface area contributed by atoms with Gasteiger partial charge in [0.15, 0.2) is 12.0 Å². The van der Waals surface area contributed by atoms with Crippen LogP contribution in [0.2, 0.25) is 0 Å². The fourth-order valence-electron chi connectivity index (χ4n) is 2.25. The van der Waals surface area contributed by atoms with Gasteiger partial charge in [-0.1, -0.05) is 0 Å². The van der Waals surface area contributed by atoms with Crippen LogP contribution in [0.1, 0.15) is 39.9 Å². The van der Waals surface area contributed by atoms with Crippen molar-refractivity contribution < 1.29 is 13.8 Å². The van der Waals surface area contributed by atoms with E-state index < -0.39 is 16.9 Å². The average molecular weight is 284 g/mol. The number of aldehydes is 1. The van der Waals surface area contributed by atoms with Crippen LogP contribution in [-0.4, -0.2) is 49.8 Å². The number of aromatic nitrogens is 2. The molecule has 8 heteroatoms. The Morgan fingerprint density at radius 1 is 1.53 bits per heavy atom. The Kier molecular flexibility index (Phi) is 4.11. The summed E-state index contributed by atoms with van der Waals surface area (Å²) in [6, 6.07) is 1.44. The van der Waals surface area contributed by atoms with Gasteiger partial charge in [-0.25, -0.2) is 8.51 Å². The molecule has 7 nitrogen and oxygen atoms in total. The van der Waals surface area contributed by atoms with Gasteiger partial charge in [-0.2, -0.15) is 5.10 Å². The number of carbonyl (C=O) groups is 2. The molecule has 1 amide bonds. The molecule has 19 heavy (non-hydrogen) atoms. The highest BCUT2D eigenvalue weighted by molar-refractivity contribution is 7.81. The van der Waals surface area contributed by atoms with Gasteiger partial charge in [0.1, 0.15) is 5.69 Å². The van der Waals surface area contributed by atoms with Gasteiger partial charge in [0.25, 0.3) is 5.91 Å².